The first-order chi connectivity index (χ1) is 9.31. The smallest absolute Gasteiger partial charge is 0.217 e. The zero-order valence-corrected chi connectivity index (χ0v) is 12.6. The summed E-state index contributed by atoms with van der Waals surface area (Å²) in [5.41, 5.74) is 6.17. The van der Waals surface area contributed by atoms with Crippen LogP contribution in [0.5, 0.6) is 5.75 Å². The van der Waals surface area contributed by atoms with Crippen molar-refractivity contribution in [3.05, 3.63) is 24.3 Å². The number of sulfonamides is 1. The Hall–Kier alpha value is -1.31. The van der Waals surface area contributed by atoms with Crippen LogP contribution in [-0.4, -0.2) is 49.9 Å². The first-order valence-corrected chi connectivity index (χ1v) is 8.02. The van der Waals surface area contributed by atoms with Gasteiger partial charge in [0.05, 0.1) is 11.9 Å². The molecule has 1 aromatic carbocycles. The van der Waals surface area contributed by atoms with E-state index in [0.29, 0.717) is 24.4 Å². The summed E-state index contributed by atoms with van der Waals surface area (Å²) in [5, 5.41) is 9.16. The second-order valence-corrected chi connectivity index (χ2v) is 6.89. The number of aliphatic hydroxyl groups is 1. The molecule has 0 radical (unpaired) electrons. The normalized spacial score (nSPS) is 13.4. The summed E-state index contributed by atoms with van der Waals surface area (Å²) < 4.78 is 30.5. The number of hydrogen-bond acceptors (Lipinski definition) is 5. The summed E-state index contributed by atoms with van der Waals surface area (Å²) in [5.74, 6) is 0.481. The van der Waals surface area contributed by atoms with Crippen LogP contribution in [0.2, 0.25) is 0 Å². The van der Waals surface area contributed by atoms with Crippen molar-refractivity contribution in [2.45, 2.75) is 19.4 Å². The molecule has 0 spiro atoms. The highest BCUT2D eigenvalue weighted by molar-refractivity contribution is 7.89. The number of nitrogens with zero attached hydrogens (tertiary/aromatic N) is 1. The first kappa shape index (κ1) is 16.7. The molecule has 0 aliphatic heterocycles. The fourth-order valence-corrected chi connectivity index (χ4v) is 2.48. The summed E-state index contributed by atoms with van der Waals surface area (Å²) in [4.78, 5) is 0. The Morgan fingerprint density at radius 1 is 1.35 bits per heavy atom. The molecule has 6 nitrogen and oxygen atoms in total. The van der Waals surface area contributed by atoms with Gasteiger partial charge in [-0.05, 0) is 37.6 Å². The largest absolute Gasteiger partial charge is 0.492 e. The lowest BCUT2D eigenvalue weighted by Gasteiger charge is -2.18. The van der Waals surface area contributed by atoms with Gasteiger partial charge in [0.25, 0.3) is 0 Å². The van der Waals surface area contributed by atoms with Crippen LogP contribution in [-0.2, 0) is 10.0 Å². The van der Waals surface area contributed by atoms with E-state index in [-0.39, 0.29) is 12.4 Å². The SMILES string of the molecule is CC(O)CCN(C)S(=O)(=O)CCOc1ccc(N)cc1. The topological polar surface area (TPSA) is 92.9 Å². The van der Waals surface area contributed by atoms with Crippen molar-refractivity contribution >= 4 is 15.7 Å². The Morgan fingerprint density at radius 3 is 2.50 bits per heavy atom. The molecule has 7 heteroatoms. The van der Waals surface area contributed by atoms with Gasteiger partial charge in [-0.25, -0.2) is 12.7 Å². The minimum atomic E-state index is -3.36. The number of nitrogens with two attached hydrogens (primary N) is 1. The molecule has 0 saturated heterocycles. The van der Waals surface area contributed by atoms with Crippen molar-refractivity contribution in [1.29, 1.82) is 0 Å². The summed E-state index contributed by atoms with van der Waals surface area (Å²) >= 11 is 0. The molecule has 0 amide bonds. The minimum absolute atomic E-state index is 0.0747. The summed E-state index contributed by atoms with van der Waals surface area (Å²) in [6, 6.07) is 6.77. The van der Waals surface area contributed by atoms with E-state index in [1.807, 2.05) is 0 Å². The Kier molecular flexibility index (Phi) is 6.25. The van der Waals surface area contributed by atoms with E-state index in [9.17, 15) is 8.42 Å². The zero-order valence-electron chi connectivity index (χ0n) is 11.8. The molecule has 114 valence electrons. The van der Waals surface area contributed by atoms with Crippen LogP contribution in [0.15, 0.2) is 24.3 Å². The first-order valence-electron chi connectivity index (χ1n) is 6.41. The lowest BCUT2D eigenvalue weighted by Crippen LogP contribution is -2.33. The van der Waals surface area contributed by atoms with Crippen molar-refractivity contribution in [1.82, 2.24) is 4.31 Å². The third-order valence-corrected chi connectivity index (χ3v) is 4.64. The summed E-state index contributed by atoms with van der Waals surface area (Å²) in [6.07, 6.45) is -0.104. The maximum atomic E-state index is 11.9. The third-order valence-electron chi connectivity index (χ3n) is 2.83. The molecule has 1 rings (SSSR count). The Balaban J connectivity index is 2.41. The molecule has 20 heavy (non-hydrogen) atoms. The van der Waals surface area contributed by atoms with Gasteiger partial charge in [0.1, 0.15) is 12.4 Å². The zero-order chi connectivity index (χ0) is 15.2. The fraction of sp³-hybridized carbons (Fsp3) is 0.538. The predicted octanol–water partition coefficient (Wildman–Crippen LogP) is 0.680. The fourth-order valence-electron chi connectivity index (χ4n) is 1.49. The van der Waals surface area contributed by atoms with Crippen LogP contribution in [0.1, 0.15) is 13.3 Å². The quantitative estimate of drug-likeness (QED) is 0.689. The highest BCUT2D eigenvalue weighted by Gasteiger charge is 2.18. The van der Waals surface area contributed by atoms with Crippen molar-refractivity contribution in [2.75, 3.05) is 31.7 Å². The molecule has 0 heterocycles. The molecule has 0 bridgehead atoms. The average molecular weight is 302 g/mol. The van der Waals surface area contributed by atoms with Gasteiger partial charge in [-0.3, -0.25) is 0 Å². The Labute approximate surface area is 120 Å². The Morgan fingerprint density at radius 2 is 1.95 bits per heavy atom. The van der Waals surface area contributed by atoms with Crippen molar-refractivity contribution in [3.8, 4) is 5.75 Å². The molecule has 3 N–H and O–H groups in total. The highest BCUT2D eigenvalue weighted by atomic mass is 32.2. The van der Waals surface area contributed by atoms with Crippen LogP contribution < -0.4 is 10.5 Å². The molecule has 0 aliphatic rings. The van der Waals surface area contributed by atoms with Crippen LogP contribution in [0.25, 0.3) is 0 Å². The maximum Gasteiger partial charge on any atom is 0.217 e. The van der Waals surface area contributed by atoms with Crippen LogP contribution in [0.3, 0.4) is 0 Å². The highest BCUT2D eigenvalue weighted by Crippen LogP contribution is 2.13. The second kappa shape index (κ2) is 7.47. The van der Waals surface area contributed by atoms with E-state index in [2.05, 4.69) is 0 Å². The maximum absolute atomic E-state index is 11.9. The predicted molar refractivity (Wildman–Crippen MR) is 79.1 cm³/mol. The molecule has 1 aromatic rings. The van der Waals surface area contributed by atoms with Gasteiger partial charge in [0.2, 0.25) is 10.0 Å². The summed E-state index contributed by atoms with van der Waals surface area (Å²) in [7, 11) is -1.86. The number of aliphatic hydroxyl groups excluding tert-OH is 1. The lowest BCUT2D eigenvalue weighted by molar-refractivity contribution is 0.177. The van der Waals surface area contributed by atoms with E-state index in [0.717, 1.165) is 0 Å². The number of rotatable bonds is 8. The van der Waals surface area contributed by atoms with Gasteiger partial charge in [0, 0.05) is 19.3 Å². The summed E-state index contributed by atoms with van der Waals surface area (Å²) in [6.45, 7) is 2.00. The van der Waals surface area contributed by atoms with Gasteiger partial charge in [-0.2, -0.15) is 0 Å². The van der Waals surface area contributed by atoms with Crippen molar-refractivity contribution in [3.63, 3.8) is 0 Å². The standard InChI is InChI=1S/C13H22N2O4S/c1-11(16)7-8-15(2)20(17,18)10-9-19-13-5-3-12(14)4-6-13/h3-6,11,16H,7-10,14H2,1-2H3. The van der Waals surface area contributed by atoms with E-state index in [1.165, 1.54) is 11.4 Å². The monoisotopic (exact) mass is 302 g/mol. The number of nitrogen functional groups attached to an aromatic ring is 1. The molecule has 0 aromatic heterocycles. The van der Waals surface area contributed by atoms with E-state index < -0.39 is 16.1 Å². The number of anilines is 1. The Bertz CT molecular complexity index is 500. The van der Waals surface area contributed by atoms with Gasteiger partial charge in [-0.15, -0.1) is 0 Å². The second-order valence-electron chi connectivity index (χ2n) is 4.69. The van der Waals surface area contributed by atoms with Crippen LogP contribution >= 0.6 is 0 Å². The minimum Gasteiger partial charge on any atom is -0.492 e. The molecule has 0 aliphatic carbocycles. The number of benzene rings is 1. The van der Waals surface area contributed by atoms with Crippen LogP contribution in [0.4, 0.5) is 5.69 Å². The van der Waals surface area contributed by atoms with E-state index in [4.69, 9.17) is 15.6 Å². The van der Waals surface area contributed by atoms with Gasteiger partial charge in [-0.1, -0.05) is 0 Å². The third kappa shape index (κ3) is 5.77. The van der Waals surface area contributed by atoms with E-state index in [1.54, 1.807) is 31.2 Å². The average Bonchev–Trinajstić information content (AvgIpc) is 2.38. The van der Waals surface area contributed by atoms with Gasteiger partial charge < -0.3 is 15.6 Å². The molecule has 0 saturated carbocycles. The molecular formula is C13H22N2O4S. The lowest BCUT2D eigenvalue weighted by atomic mass is 10.3. The molecule has 1 atom stereocenters. The van der Waals surface area contributed by atoms with Crippen molar-refractivity contribution in [2.24, 2.45) is 0 Å². The van der Waals surface area contributed by atoms with Gasteiger partial charge >= 0.3 is 0 Å². The van der Waals surface area contributed by atoms with Gasteiger partial charge in [0.15, 0.2) is 0 Å². The van der Waals surface area contributed by atoms with Crippen molar-refractivity contribution < 1.29 is 18.3 Å². The molecular weight excluding hydrogens is 280 g/mol. The molecule has 0 fully saturated rings. The number of hydrogen-bond donors (Lipinski definition) is 2. The van der Waals surface area contributed by atoms with Crippen LogP contribution in [0, 0.1) is 0 Å². The number of ether oxygens (including phenoxy) is 1. The van der Waals surface area contributed by atoms with E-state index >= 15 is 0 Å². The molecule has 1 unspecified atom stereocenters.